The van der Waals surface area contributed by atoms with Crippen LogP contribution >= 0.6 is 20.2 Å². The Morgan fingerprint density at radius 1 is 1.25 bits per heavy atom. The van der Waals surface area contributed by atoms with Crippen molar-refractivity contribution < 1.29 is 13.1 Å². The summed E-state index contributed by atoms with van der Waals surface area (Å²) in [7, 11) is 9.53. The van der Waals surface area contributed by atoms with Gasteiger partial charge in [0.05, 0.1) is 0 Å². The van der Waals surface area contributed by atoms with Gasteiger partial charge in [0.2, 0.25) is 0 Å². The first-order valence-electron chi connectivity index (χ1n) is 0.267. The number of hydrogen-bond acceptors (Lipinski definition) is 0. The third kappa shape index (κ3) is 9.12. The molecule has 0 rings (SSSR count). The van der Waals surface area contributed by atoms with Crippen LogP contribution in [0.4, 0.5) is 0 Å². The SMILES string of the molecule is [Cl][Fe][Cl].[Mg]. The van der Waals surface area contributed by atoms with E-state index in [9.17, 15) is 0 Å². The fourth-order valence-corrected chi connectivity index (χ4v) is 0. The summed E-state index contributed by atoms with van der Waals surface area (Å²) < 4.78 is 0. The van der Waals surface area contributed by atoms with Crippen LogP contribution in [0.15, 0.2) is 0 Å². The van der Waals surface area contributed by atoms with Crippen molar-refractivity contribution in [2.75, 3.05) is 0 Å². The molecule has 0 aromatic carbocycles. The van der Waals surface area contributed by atoms with Gasteiger partial charge in [-0.3, -0.25) is 0 Å². The van der Waals surface area contributed by atoms with E-state index < -0.39 is 0 Å². The standard InChI is InChI=1S/2ClH.Fe.Mg/h2*1H;;/q;;+2;/p-2. The van der Waals surface area contributed by atoms with Crippen LogP contribution in [-0.4, -0.2) is 23.1 Å². The van der Waals surface area contributed by atoms with Crippen LogP contribution < -0.4 is 0 Å². The first-order chi connectivity index (χ1) is 1.41. The Hall–Kier alpha value is 1.87. The van der Waals surface area contributed by atoms with Crippen molar-refractivity contribution in [2.24, 2.45) is 0 Å². The van der Waals surface area contributed by atoms with Gasteiger partial charge in [-0.1, -0.05) is 0 Å². The van der Waals surface area contributed by atoms with Crippen molar-refractivity contribution in [1.82, 2.24) is 0 Å². The summed E-state index contributed by atoms with van der Waals surface area (Å²) in [6, 6.07) is 0. The molecule has 24 valence electrons. The quantitative estimate of drug-likeness (QED) is 0.453. The molecule has 0 aliphatic carbocycles. The van der Waals surface area contributed by atoms with E-state index >= 15 is 0 Å². The summed E-state index contributed by atoms with van der Waals surface area (Å²) in [5.41, 5.74) is 0. The van der Waals surface area contributed by atoms with Crippen LogP contribution in [0.5, 0.6) is 0 Å². The molecule has 0 bridgehead atoms. The number of hydrogen-bond donors (Lipinski definition) is 0. The first-order valence-corrected chi connectivity index (χ1v) is 3.31. The smallest absolute Gasteiger partial charge is 0 e. The van der Waals surface area contributed by atoms with Gasteiger partial charge >= 0.3 is 33.3 Å². The fraction of sp³-hybridized carbons (Fsp3) is 0. The predicted octanol–water partition coefficient (Wildman–Crippen LogP) is 0.996. The van der Waals surface area contributed by atoms with Gasteiger partial charge in [0.15, 0.2) is 0 Å². The second-order valence-corrected chi connectivity index (χ2v) is 1.87. The Kier molecular flexibility index (Phi) is 20.6. The molecule has 0 saturated heterocycles. The summed E-state index contributed by atoms with van der Waals surface area (Å²) >= 11 is 0.194. The van der Waals surface area contributed by atoms with E-state index in [1.54, 1.807) is 0 Å². The topological polar surface area (TPSA) is 0 Å². The Balaban J connectivity index is 0. The van der Waals surface area contributed by atoms with Gasteiger partial charge in [-0.05, 0) is 0 Å². The summed E-state index contributed by atoms with van der Waals surface area (Å²) in [5.74, 6) is 0. The molecule has 0 spiro atoms. The molecule has 0 aliphatic rings. The maximum Gasteiger partial charge on any atom is 0 e. The average molecular weight is 151 g/mol. The van der Waals surface area contributed by atoms with E-state index in [1.807, 2.05) is 0 Å². The molecule has 0 aliphatic heterocycles. The van der Waals surface area contributed by atoms with Gasteiger partial charge in [-0.25, -0.2) is 0 Å². The van der Waals surface area contributed by atoms with Crippen molar-refractivity contribution in [1.29, 1.82) is 0 Å². The summed E-state index contributed by atoms with van der Waals surface area (Å²) in [4.78, 5) is 0. The zero-order valence-corrected chi connectivity index (χ0v) is 5.85. The van der Waals surface area contributed by atoms with Crippen LogP contribution in [0, 0.1) is 0 Å². The molecule has 0 atom stereocenters. The minimum atomic E-state index is 0. The van der Waals surface area contributed by atoms with Crippen LogP contribution in [0.2, 0.25) is 0 Å². The molecule has 4 heteroatoms. The molecular weight excluding hydrogens is 151 g/mol. The summed E-state index contributed by atoms with van der Waals surface area (Å²) in [5, 5.41) is 0. The van der Waals surface area contributed by atoms with Crippen molar-refractivity contribution in [3.63, 3.8) is 0 Å². The van der Waals surface area contributed by atoms with Crippen LogP contribution in [0.3, 0.4) is 0 Å². The second kappa shape index (κ2) is 8.85. The van der Waals surface area contributed by atoms with Crippen LogP contribution in [0.1, 0.15) is 0 Å². The third-order valence-electron chi connectivity index (χ3n) is 0. The second-order valence-electron chi connectivity index (χ2n) is 0.0505. The molecule has 0 heterocycles. The molecule has 0 saturated carbocycles. The Bertz CT molecular complexity index is 6.00. The molecule has 2 radical (unpaired) electrons. The molecule has 0 unspecified atom stereocenters. The van der Waals surface area contributed by atoms with E-state index in [-0.39, 0.29) is 36.2 Å². The van der Waals surface area contributed by atoms with Crippen molar-refractivity contribution >= 4 is 43.2 Å². The van der Waals surface area contributed by atoms with Gasteiger partial charge in [0.25, 0.3) is 0 Å². The molecular formula is Cl2FeMg. The average Bonchev–Trinajstić information content (AvgIpc) is 0.918. The largest absolute Gasteiger partial charge is 0 e. The molecule has 0 nitrogen and oxygen atoms in total. The molecule has 4 heavy (non-hydrogen) atoms. The molecule has 0 N–H and O–H groups in total. The molecule has 0 fully saturated rings. The minimum absolute atomic E-state index is 0. The van der Waals surface area contributed by atoms with Crippen molar-refractivity contribution in [3.05, 3.63) is 0 Å². The molecule has 0 amide bonds. The fourth-order valence-electron chi connectivity index (χ4n) is 0. The number of rotatable bonds is 0. The maximum atomic E-state index is 4.76. The van der Waals surface area contributed by atoms with Crippen LogP contribution in [-0.2, 0) is 13.1 Å². The van der Waals surface area contributed by atoms with Gasteiger partial charge < -0.3 is 0 Å². The Morgan fingerprint density at radius 3 is 1.25 bits per heavy atom. The monoisotopic (exact) mass is 150 g/mol. The van der Waals surface area contributed by atoms with Gasteiger partial charge in [-0.15, -0.1) is 0 Å². The summed E-state index contributed by atoms with van der Waals surface area (Å²) in [6.45, 7) is 0. The van der Waals surface area contributed by atoms with Gasteiger partial charge in [-0.2, -0.15) is 0 Å². The van der Waals surface area contributed by atoms with E-state index in [0.717, 1.165) is 0 Å². The van der Waals surface area contributed by atoms with Gasteiger partial charge in [0.1, 0.15) is 0 Å². The normalized spacial score (nSPS) is 5.50. The number of halogens is 2. The van der Waals surface area contributed by atoms with Crippen molar-refractivity contribution in [3.8, 4) is 0 Å². The Morgan fingerprint density at radius 2 is 1.25 bits per heavy atom. The Labute approximate surface area is 56.0 Å². The molecule has 0 aromatic heterocycles. The van der Waals surface area contributed by atoms with E-state index in [0.29, 0.717) is 0 Å². The zero-order valence-electron chi connectivity index (χ0n) is 1.82. The van der Waals surface area contributed by atoms with E-state index in [1.165, 1.54) is 0 Å². The van der Waals surface area contributed by atoms with Gasteiger partial charge in [0, 0.05) is 23.1 Å². The van der Waals surface area contributed by atoms with E-state index in [4.69, 9.17) is 20.2 Å². The molecule has 0 aromatic rings. The van der Waals surface area contributed by atoms with E-state index in [2.05, 4.69) is 0 Å². The minimum Gasteiger partial charge on any atom is 0 e. The summed E-state index contributed by atoms with van der Waals surface area (Å²) in [6.07, 6.45) is 0. The third-order valence-corrected chi connectivity index (χ3v) is 0. The zero-order chi connectivity index (χ0) is 2.71. The van der Waals surface area contributed by atoms with Crippen LogP contribution in [0.25, 0.3) is 0 Å². The first kappa shape index (κ1) is 9.29. The van der Waals surface area contributed by atoms with Crippen molar-refractivity contribution in [2.45, 2.75) is 0 Å². The predicted molar refractivity (Wildman–Crippen MR) is 17.5 cm³/mol. The maximum absolute atomic E-state index is 4.76.